The van der Waals surface area contributed by atoms with Crippen LogP contribution in [0.5, 0.6) is 0 Å². The lowest BCUT2D eigenvalue weighted by atomic mass is 9.95. The lowest BCUT2D eigenvalue weighted by Gasteiger charge is -2.19. The van der Waals surface area contributed by atoms with Crippen LogP contribution >= 0.6 is 0 Å². The van der Waals surface area contributed by atoms with Crippen molar-refractivity contribution in [1.29, 1.82) is 0 Å². The fourth-order valence-corrected chi connectivity index (χ4v) is 5.76. The van der Waals surface area contributed by atoms with E-state index >= 15 is 0 Å². The molecule has 0 spiro atoms. The normalized spacial score (nSPS) is 11.6. The first-order valence-corrected chi connectivity index (χ1v) is 11.6. The highest BCUT2D eigenvalue weighted by atomic mass is 32.2. The molecule has 0 saturated heterocycles. The van der Waals surface area contributed by atoms with Crippen LogP contribution in [0.3, 0.4) is 0 Å². The van der Waals surface area contributed by atoms with E-state index < -0.39 is 9.84 Å². The zero-order valence-electron chi connectivity index (χ0n) is 18.2. The smallest absolute Gasteiger partial charge is 0.209 e. The van der Waals surface area contributed by atoms with Crippen LogP contribution in [0.4, 0.5) is 11.4 Å². The number of sulfone groups is 1. The van der Waals surface area contributed by atoms with Gasteiger partial charge in [0.15, 0.2) is 0 Å². The van der Waals surface area contributed by atoms with Crippen molar-refractivity contribution in [3.8, 4) is 11.1 Å². The molecule has 0 radical (unpaired) electrons. The minimum Gasteiger partial charge on any atom is -0.397 e. The minimum atomic E-state index is -3.84. The number of nitrogen functional groups attached to an aromatic ring is 1. The van der Waals surface area contributed by atoms with Crippen molar-refractivity contribution >= 4 is 32.0 Å². The van der Waals surface area contributed by atoms with E-state index in [0.717, 1.165) is 33.3 Å². The van der Waals surface area contributed by atoms with Crippen molar-refractivity contribution in [3.63, 3.8) is 0 Å². The van der Waals surface area contributed by atoms with Crippen molar-refractivity contribution in [3.05, 3.63) is 83.9 Å². The van der Waals surface area contributed by atoms with Gasteiger partial charge in [-0.25, -0.2) is 8.42 Å². The first kappa shape index (κ1) is 20.9. The predicted molar refractivity (Wildman–Crippen MR) is 129 cm³/mol. The first-order chi connectivity index (χ1) is 14.7. The molecule has 0 fully saturated rings. The number of hydrogen-bond donors (Lipinski definition) is 1. The lowest BCUT2D eigenvalue weighted by molar-refractivity contribution is 0.597. The molecule has 5 heteroatoms. The van der Waals surface area contributed by atoms with Crippen LogP contribution in [0, 0.1) is 13.8 Å². The van der Waals surface area contributed by atoms with E-state index in [1.807, 2.05) is 87.4 Å². The molecule has 0 atom stereocenters. The van der Waals surface area contributed by atoms with Crippen LogP contribution in [-0.4, -0.2) is 22.5 Å². The Balaban J connectivity index is 1.99. The molecule has 0 aliphatic heterocycles. The number of nitrogens with zero attached hydrogens (tertiary/aromatic N) is 1. The van der Waals surface area contributed by atoms with E-state index in [-0.39, 0.29) is 15.5 Å². The third kappa shape index (κ3) is 3.45. The van der Waals surface area contributed by atoms with Crippen molar-refractivity contribution < 1.29 is 8.42 Å². The SMILES string of the molecule is Cc1ccccc1-c1c(C)ccc(S(=O)(=O)c2cccc3c(N(C)C)cccc23)c1N. The molecule has 0 aliphatic rings. The highest BCUT2D eigenvalue weighted by Crippen LogP contribution is 2.40. The van der Waals surface area contributed by atoms with E-state index in [1.54, 1.807) is 18.2 Å². The molecular weight excluding hydrogens is 404 g/mol. The molecule has 4 aromatic rings. The van der Waals surface area contributed by atoms with Gasteiger partial charge in [0.1, 0.15) is 0 Å². The maximum absolute atomic E-state index is 13.8. The lowest BCUT2D eigenvalue weighted by Crippen LogP contribution is -2.11. The molecule has 0 aliphatic carbocycles. The van der Waals surface area contributed by atoms with Crippen molar-refractivity contribution in [2.24, 2.45) is 0 Å². The topological polar surface area (TPSA) is 63.4 Å². The Bertz CT molecular complexity index is 1410. The molecule has 31 heavy (non-hydrogen) atoms. The van der Waals surface area contributed by atoms with E-state index in [2.05, 4.69) is 0 Å². The van der Waals surface area contributed by atoms with Gasteiger partial charge in [0.05, 0.1) is 15.5 Å². The molecule has 4 nitrogen and oxygen atoms in total. The van der Waals surface area contributed by atoms with E-state index in [9.17, 15) is 8.42 Å². The van der Waals surface area contributed by atoms with Gasteiger partial charge in [-0.3, -0.25) is 0 Å². The minimum absolute atomic E-state index is 0.138. The van der Waals surface area contributed by atoms with Gasteiger partial charge in [-0.1, -0.05) is 54.6 Å². The van der Waals surface area contributed by atoms with E-state index in [0.29, 0.717) is 5.39 Å². The Morgan fingerprint density at radius 2 is 1.39 bits per heavy atom. The van der Waals surface area contributed by atoms with Gasteiger partial charge in [0.25, 0.3) is 0 Å². The van der Waals surface area contributed by atoms with Crippen molar-refractivity contribution in [2.45, 2.75) is 23.6 Å². The Hall–Kier alpha value is -3.31. The zero-order chi connectivity index (χ0) is 22.3. The molecule has 0 aromatic heterocycles. The van der Waals surface area contributed by atoms with Gasteiger partial charge in [-0.15, -0.1) is 0 Å². The predicted octanol–water partition coefficient (Wildman–Crippen LogP) is 5.60. The summed E-state index contributed by atoms with van der Waals surface area (Å²) >= 11 is 0. The van der Waals surface area contributed by atoms with Crippen LogP contribution < -0.4 is 10.6 Å². The summed E-state index contributed by atoms with van der Waals surface area (Å²) in [6, 6.07) is 22.4. The molecule has 158 valence electrons. The summed E-state index contributed by atoms with van der Waals surface area (Å²) in [6.45, 7) is 3.96. The fraction of sp³-hybridized carbons (Fsp3) is 0.154. The van der Waals surface area contributed by atoms with Gasteiger partial charge < -0.3 is 10.6 Å². The summed E-state index contributed by atoms with van der Waals surface area (Å²) in [5, 5.41) is 1.57. The summed E-state index contributed by atoms with van der Waals surface area (Å²) in [6.07, 6.45) is 0. The van der Waals surface area contributed by atoms with Gasteiger partial charge in [0.2, 0.25) is 9.84 Å². The Morgan fingerprint density at radius 1 is 0.710 bits per heavy atom. The molecule has 0 bridgehead atoms. The summed E-state index contributed by atoms with van der Waals surface area (Å²) in [7, 11) is 0.0513. The second-order valence-corrected chi connectivity index (χ2v) is 9.90. The third-order valence-electron chi connectivity index (χ3n) is 5.75. The second-order valence-electron chi connectivity index (χ2n) is 8.01. The quantitative estimate of drug-likeness (QED) is 0.428. The van der Waals surface area contributed by atoms with Crippen molar-refractivity contribution in [2.75, 3.05) is 24.7 Å². The molecule has 0 amide bonds. The average molecular weight is 431 g/mol. The Kier molecular flexibility index (Phi) is 5.23. The van der Waals surface area contributed by atoms with Gasteiger partial charge >= 0.3 is 0 Å². The standard InChI is InChI=1S/C26H26N2O2S/c1-17-9-5-6-10-19(17)25-18(2)15-16-24(26(25)27)31(29,30)23-14-8-11-20-21(23)12-7-13-22(20)28(3)4/h5-16H,27H2,1-4H3. The Labute approximate surface area is 183 Å². The zero-order valence-corrected chi connectivity index (χ0v) is 19.0. The highest BCUT2D eigenvalue weighted by Gasteiger charge is 2.26. The summed E-state index contributed by atoms with van der Waals surface area (Å²) in [4.78, 5) is 2.38. The van der Waals surface area contributed by atoms with Gasteiger partial charge in [-0.2, -0.15) is 0 Å². The largest absolute Gasteiger partial charge is 0.397 e. The highest BCUT2D eigenvalue weighted by molar-refractivity contribution is 7.92. The molecule has 0 heterocycles. The number of anilines is 2. The fourth-order valence-electron chi connectivity index (χ4n) is 4.16. The van der Waals surface area contributed by atoms with Gasteiger partial charge in [-0.05, 0) is 48.7 Å². The monoisotopic (exact) mass is 430 g/mol. The number of rotatable bonds is 4. The van der Waals surface area contributed by atoms with Crippen LogP contribution in [0.25, 0.3) is 21.9 Å². The average Bonchev–Trinajstić information content (AvgIpc) is 2.73. The maximum Gasteiger partial charge on any atom is 0.209 e. The maximum atomic E-state index is 13.8. The number of hydrogen-bond acceptors (Lipinski definition) is 4. The van der Waals surface area contributed by atoms with Crippen LogP contribution in [0.2, 0.25) is 0 Å². The third-order valence-corrected chi connectivity index (χ3v) is 7.62. The van der Waals surface area contributed by atoms with Crippen LogP contribution in [0.15, 0.2) is 82.6 Å². The number of benzene rings is 4. The first-order valence-electron chi connectivity index (χ1n) is 10.1. The van der Waals surface area contributed by atoms with Crippen LogP contribution in [-0.2, 0) is 9.84 Å². The van der Waals surface area contributed by atoms with E-state index in [4.69, 9.17) is 5.73 Å². The van der Waals surface area contributed by atoms with E-state index in [1.165, 1.54) is 0 Å². The summed E-state index contributed by atoms with van der Waals surface area (Å²) in [5.41, 5.74) is 11.5. The Morgan fingerprint density at radius 3 is 2.10 bits per heavy atom. The van der Waals surface area contributed by atoms with Gasteiger partial charge in [0, 0.05) is 36.1 Å². The molecule has 4 rings (SSSR count). The number of nitrogens with two attached hydrogens (primary N) is 1. The molecule has 0 saturated carbocycles. The van der Waals surface area contributed by atoms with Crippen LogP contribution in [0.1, 0.15) is 11.1 Å². The summed E-state index contributed by atoms with van der Waals surface area (Å²) < 4.78 is 27.7. The van der Waals surface area contributed by atoms with Crippen molar-refractivity contribution in [1.82, 2.24) is 0 Å². The molecule has 2 N–H and O–H groups in total. The second kappa shape index (κ2) is 7.75. The molecule has 0 unspecified atom stereocenters. The molecular formula is C26H26N2O2S. The molecule has 4 aromatic carbocycles. The summed E-state index contributed by atoms with van der Waals surface area (Å²) in [5.74, 6) is 0. The number of aryl methyl sites for hydroxylation is 2. The number of fused-ring (bicyclic) bond motifs is 1.